The number of nitrogens with one attached hydrogen (secondary N) is 2. The maximum atomic E-state index is 12.9. The topological polar surface area (TPSA) is 84.5 Å². The molecule has 0 aromatic carbocycles. The summed E-state index contributed by atoms with van der Waals surface area (Å²) >= 11 is 0. The predicted molar refractivity (Wildman–Crippen MR) is 74.5 cm³/mol. The monoisotopic (exact) mass is 320 g/mol. The van der Waals surface area contributed by atoms with Gasteiger partial charge in [-0.25, -0.2) is 13.6 Å². The second-order valence-corrected chi connectivity index (χ2v) is 6.31. The minimum absolute atomic E-state index is 0.0414. The number of Topliss-reactive ketones (excluding diaryl/α,β-unsaturated/α-hetero) is 1. The average Bonchev–Trinajstić information content (AvgIpc) is 2.31. The van der Waals surface area contributed by atoms with Crippen molar-refractivity contribution in [3.8, 4) is 0 Å². The molecule has 0 saturated heterocycles. The molecule has 0 bridgehead atoms. The molecule has 2 amide bonds. The fourth-order valence-electron chi connectivity index (χ4n) is 1.88. The number of alkyl carbamates (subject to hydrolysis) is 1. The highest BCUT2D eigenvalue weighted by atomic mass is 19.3. The van der Waals surface area contributed by atoms with E-state index in [0.717, 1.165) is 0 Å². The van der Waals surface area contributed by atoms with Crippen molar-refractivity contribution in [3.05, 3.63) is 0 Å². The Balaban J connectivity index is 2.33. The third kappa shape index (κ3) is 6.36. The fraction of sp³-hybridized carbons (Fsp3) is 0.786. The van der Waals surface area contributed by atoms with E-state index in [1.54, 1.807) is 20.8 Å². The van der Waals surface area contributed by atoms with Crippen LogP contribution < -0.4 is 10.6 Å². The second kappa shape index (κ2) is 7.51. The lowest BCUT2D eigenvalue weighted by molar-refractivity contribution is -0.139. The lowest BCUT2D eigenvalue weighted by Crippen LogP contribution is -2.47. The molecule has 0 spiro atoms. The first kappa shape index (κ1) is 18.3. The molecule has 0 aliphatic heterocycles. The summed E-state index contributed by atoms with van der Waals surface area (Å²) in [6, 6.07) is -1.36. The van der Waals surface area contributed by atoms with Gasteiger partial charge in [-0.3, -0.25) is 9.59 Å². The van der Waals surface area contributed by atoms with Crippen LogP contribution in [0.25, 0.3) is 0 Å². The van der Waals surface area contributed by atoms with Crippen molar-refractivity contribution in [2.75, 3.05) is 6.54 Å². The van der Waals surface area contributed by atoms with Crippen LogP contribution in [0.1, 0.15) is 40.0 Å². The molecule has 0 aromatic heterocycles. The Labute approximate surface area is 128 Å². The molecule has 1 rings (SSSR count). The van der Waals surface area contributed by atoms with Gasteiger partial charge in [0.25, 0.3) is 6.43 Å². The van der Waals surface area contributed by atoms with Gasteiger partial charge in [0.1, 0.15) is 11.4 Å². The highest BCUT2D eigenvalue weighted by Crippen LogP contribution is 2.23. The largest absolute Gasteiger partial charge is 0.444 e. The van der Waals surface area contributed by atoms with Gasteiger partial charge in [-0.15, -0.1) is 0 Å². The van der Waals surface area contributed by atoms with Crippen molar-refractivity contribution in [1.29, 1.82) is 0 Å². The van der Waals surface area contributed by atoms with Crippen LogP contribution in [0, 0.1) is 5.92 Å². The molecule has 1 saturated carbocycles. The molecule has 0 heterocycles. The first-order chi connectivity index (χ1) is 10.1. The number of hydrogen-bond acceptors (Lipinski definition) is 4. The second-order valence-electron chi connectivity index (χ2n) is 6.31. The Morgan fingerprint density at radius 1 is 1.32 bits per heavy atom. The van der Waals surface area contributed by atoms with Gasteiger partial charge >= 0.3 is 6.09 Å². The Hall–Kier alpha value is -1.73. The third-order valence-electron chi connectivity index (χ3n) is 3.07. The number of carbonyl (C=O) groups is 3. The summed E-state index contributed by atoms with van der Waals surface area (Å²) in [5, 5.41) is 4.59. The van der Waals surface area contributed by atoms with Gasteiger partial charge in [0.05, 0.1) is 12.0 Å². The number of ketones is 1. The highest BCUT2D eigenvalue weighted by Gasteiger charge is 2.35. The van der Waals surface area contributed by atoms with Crippen LogP contribution in [0.4, 0.5) is 13.6 Å². The zero-order valence-electron chi connectivity index (χ0n) is 12.9. The summed E-state index contributed by atoms with van der Waals surface area (Å²) in [5.74, 6) is -1.09. The maximum absolute atomic E-state index is 12.9. The van der Waals surface area contributed by atoms with E-state index in [1.165, 1.54) is 0 Å². The minimum Gasteiger partial charge on any atom is -0.444 e. The van der Waals surface area contributed by atoms with E-state index < -0.39 is 36.0 Å². The molecule has 0 radical (unpaired) electrons. The molecule has 1 atom stereocenters. The van der Waals surface area contributed by atoms with Crippen molar-refractivity contribution >= 4 is 17.8 Å². The molecular weight excluding hydrogens is 298 g/mol. The molecular formula is C14H22F2N2O4. The number of rotatable bonds is 6. The van der Waals surface area contributed by atoms with Crippen molar-refractivity contribution in [3.63, 3.8) is 0 Å². The number of alkyl halides is 2. The summed E-state index contributed by atoms with van der Waals surface area (Å²) in [7, 11) is 0. The molecule has 0 aromatic rings. The van der Waals surface area contributed by atoms with Crippen LogP contribution >= 0.6 is 0 Å². The lowest BCUT2D eigenvalue weighted by Gasteiger charge is -2.26. The van der Waals surface area contributed by atoms with E-state index in [2.05, 4.69) is 10.6 Å². The molecule has 0 unspecified atom stereocenters. The Morgan fingerprint density at radius 2 is 1.91 bits per heavy atom. The van der Waals surface area contributed by atoms with E-state index in [9.17, 15) is 23.2 Å². The van der Waals surface area contributed by atoms with Gasteiger partial charge < -0.3 is 15.4 Å². The van der Waals surface area contributed by atoms with Gasteiger partial charge in [-0.1, -0.05) is 0 Å². The van der Waals surface area contributed by atoms with Crippen LogP contribution in [-0.4, -0.2) is 42.4 Å². The molecule has 126 valence electrons. The summed E-state index contributed by atoms with van der Waals surface area (Å²) in [5.41, 5.74) is -0.669. The summed E-state index contributed by atoms with van der Waals surface area (Å²) in [6.45, 7) is 5.02. The molecule has 1 fully saturated rings. The van der Waals surface area contributed by atoms with Crippen molar-refractivity contribution in [2.24, 2.45) is 5.92 Å². The summed E-state index contributed by atoms with van der Waals surface area (Å²) < 4.78 is 30.8. The van der Waals surface area contributed by atoms with E-state index in [0.29, 0.717) is 0 Å². The highest BCUT2D eigenvalue weighted by molar-refractivity contribution is 5.96. The molecule has 6 nitrogen and oxygen atoms in total. The standard InChI is InChI=1S/C14H22F2N2O4/c1-14(2,3)22-13(21)17-5-4-10(11(15)16)18-12(20)8-6-9(19)7-8/h8,10-11H,4-7H2,1-3H3,(H,17,21)(H,18,20)/t10-/m0/s1. The van der Waals surface area contributed by atoms with Crippen molar-refractivity contribution in [2.45, 2.75) is 58.1 Å². The van der Waals surface area contributed by atoms with Gasteiger partial charge in [-0.2, -0.15) is 0 Å². The van der Waals surface area contributed by atoms with Crippen LogP contribution in [0.5, 0.6) is 0 Å². The SMILES string of the molecule is CC(C)(C)OC(=O)NCC[C@H](NC(=O)C1CC(=O)C1)C(F)F. The predicted octanol–water partition coefficient (Wildman–Crippen LogP) is 1.63. The molecule has 1 aliphatic carbocycles. The maximum Gasteiger partial charge on any atom is 0.407 e. The van der Waals surface area contributed by atoms with Gasteiger partial charge in [0.2, 0.25) is 5.91 Å². The number of carbonyl (C=O) groups excluding carboxylic acids is 3. The van der Waals surface area contributed by atoms with E-state index in [1.807, 2.05) is 0 Å². The first-order valence-electron chi connectivity index (χ1n) is 7.15. The van der Waals surface area contributed by atoms with Crippen LogP contribution in [0.3, 0.4) is 0 Å². The zero-order valence-corrected chi connectivity index (χ0v) is 12.9. The lowest BCUT2D eigenvalue weighted by atomic mass is 9.83. The van der Waals surface area contributed by atoms with Crippen molar-refractivity contribution < 1.29 is 27.9 Å². The third-order valence-corrected chi connectivity index (χ3v) is 3.07. The first-order valence-corrected chi connectivity index (χ1v) is 7.15. The molecule has 8 heteroatoms. The molecule has 1 aliphatic rings. The number of amides is 2. The van der Waals surface area contributed by atoms with Crippen LogP contribution in [0.2, 0.25) is 0 Å². The number of ether oxygens (including phenoxy) is 1. The Kier molecular flexibility index (Phi) is 6.25. The summed E-state index contributed by atoms with van der Waals surface area (Å²) in [6.07, 6.45) is -3.35. The Bertz CT molecular complexity index is 427. The van der Waals surface area contributed by atoms with Gasteiger partial charge in [0, 0.05) is 19.4 Å². The molecule has 22 heavy (non-hydrogen) atoms. The van der Waals surface area contributed by atoms with Crippen LogP contribution in [0.15, 0.2) is 0 Å². The average molecular weight is 320 g/mol. The normalized spacial score (nSPS) is 16.9. The number of hydrogen-bond donors (Lipinski definition) is 2. The van der Waals surface area contributed by atoms with Gasteiger partial charge in [0.15, 0.2) is 0 Å². The smallest absolute Gasteiger partial charge is 0.407 e. The Morgan fingerprint density at radius 3 is 2.36 bits per heavy atom. The van der Waals surface area contributed by atoms with E-state index >= 15 is 0 Å². The van der Waals surface area contributed by atoms with E-state index in [-0.39, 0.29) is 31.6 Å². The summed E-state index contributed by atoms with van der Waals surface area (Å²) in [4.78, 5) is 33.9. The number of halogens is 2. The van der Waals surface area contributed by atoms with E-state index in [4.69, 9.17) is 4.74 Å². The zero-order chi connectivity index (χ0) is 16.9. The molecule has 2 N–H and O–H groups in total. The van der Waals surface area contributed by atoms with Crippen molar-refractivity contribution in [1.82, 2.24) is 10.6 Å². The minimum atomic E-state index is -2.75. The van der Waals surface area contributed by atoms with Gasteiger partial charge in [-0.05, 0) is 27.2 Å². The fourth-order valence-corrected chi connectivity index (χ4v) is 1.88. The quantitative estimate of drug-likeness (QED) is 0.779. The van der Waals surface area contributed by atoms with Crippen LogP contribution in [-0.2, 0) is 14.3 Å².